The summed E-state index contributed by atoms with van der Waals surface area (Å²) < 4.78 is 5.15. The summed E-state index contributed by atoms with van der Waals surface area (Å²) in [5.74, 6) is -0.923. The molecule has 2 aromatic rings. The molecule has 0 aromatic heterocycles. The predicted molar refractivity (Wildman–Crippen MR) is 113 cm³/mol. The second-order valence-corrected chi connectivity index (χ2v) is 7.13. The minimum atomic E-state index is -0.923. The van der Waals surface area contributed by atoms with E-state index < -0.39 is 5.97 Å². The Balaban J connectivity index is 0.00000280. The molecule has 5 nitrogen and oxygen atoms in total. The molecule has 3 rings (SSSR count). The van der Waals surface area contributed by atoms with E-state index >= 15 is 0 Å². The number of carboxylic acid groups (broad SMARTS) is 1. The van der Waals surface area contributed by atoms with E-state index in [4.69, 9.17) is 21.4 Å². The zero-order valence-corrected chi connectivity index (χ0v) is 16.0. The molecule has 1 aliphatic rings. The standard InChI is InChI=1S/C21H25ClN2O3.K.H/c22-19-8-6-18(7-9-19)21(17-4-2-1-3-5-17)24-12-10-23(11-13-24)14-15-27-16-20(25)26;;/h1-9,21H,10-16H2,(H,25,26);;. The van der Waals surface area contributed by atoms with Crippen molar-refractivity contribution in [1.29, 1.82) is 0 Å². The van der Waals surface area contributed by atoms with Gasteiger partial charge in [0.05, 0.1) is 12.6 Å². The topological polar surface area (TPSA) is 53.0 Å². The van der Waals surface area contributed by atoms with Crippen LogP contribution in [0.3, 0.4) is 0 Å². The van der Waals surface area contributed by atoms with Crippen LogP contribution in [0.2, 0.25) is 5.02 Å². The van der Waals surface area contributed by atoms with Crippen molar-refractivity contribution in [1.82, 2.24) is 9.80 Å². The van der Waals surface area contributed by atoms with Crippen LogP contribution in [0.25, 0.3) is 0 Å². The molecule has 28 heavy (non-hydrogen) atoms. The molecule has 1 unspecified atom stereocenters. The van der Waals surface area contributed by atoms with Gasteiger partial charge in [-0.3, -0.25) is 9.80 Å². The second kappa shape index (κ2) is 12.4. The van der Waals surface area contributed by atoms with Crippen LogP contribution in [0.4, 0.5) is 0 Å². The zero-order chi connectivity index (χ0) is 19.1. The van der Waals surface area contributed by atoms with Crippen molar-refractivity contribution < 1.29 is 14.6 Å². The van der Waals surface area contributed by atoms with Gasteiger partial charge in [0, 0.05) is 37.7 Å². The molecule has 1 fully saturated rings. The summed E-state index contributed by atoms with van der Waals surface area (Å²) >= 11 is 6.08. The quantitative estimate of drug-likeness (QED) is 0.517. The number of rotatable bonds is 8. The van der Waals surface area contributed by atoms with E-state index in [0.717, 1.165) is 37.7 Å². The average Bonchev–Trinajstić information content (AvgIpc) is 2.69. The molecular weight excluding hydrogens is 403 g/mol. The summed E-state index contributed by atoms with van der Waals surface area (Å²) in [4.78, 5) is 15.3. The Kier molecular flexibility index (Phi) is 10.6. The van der Waals surface area contributed by atoms with Crippen LogP contribution in [0.15, 0.2) is 54.6 Å². The van der Waals surface area contributed by atoms with Crippen LogP contribution in [0.1, 0.15) is 17.2 Å². The third kappa shape index (κ3) is 7.20. The van der Waals surface area contributed by atoms with Crippen LogP contribution in [-0.2, 0) is 9.53 Å². The molecule has 0 radical (unpaired) electrons. The van der Waals surface area contributed by atoms with Crippen molar-refractivity contribution in [3.63, 3.8) is 0 Å². The van der Waals surface area contributed by atoms with Crippen molar-refractivity contribution >= 4 is 69.0 Å². The van der Waals surface area contributed by atoms with E-state index in [9.17, 15) is 4.79 Å². The van der Waals surface area contributed by atoms with Crippen LogP contribution in [0.5, 0.6) is 0 Å². The van der Waals surface area contributed by atoms with Gasteiger partial charge in [-0.05, 0) is 23.3 Å². The number of piperazine rings is 1. The van der Waals surface area contributed by atoms with Gasteiger partial charge in [0.2, 0.25) is 0 Å². The maximum absolute atomic E-state index is 10.5. The van der Waals surface area contributed by atoms with Gasteiger partial charge in [-0.25, -0.2) is 4.79 Å². The second-order valence-electron chi connectivity index (χ2n) is 6.69. The summed E-state index contributed by atoms with van der Waals surface area (Å²) in [6.45, 7) is 4.75. The first-order valence-electron chi connectivity index (χ1n) is 9.20. The van der Waals surface area contributed by atoms with Crippen LogP contribution < -0.4 is 0 Å². The van der Waals surface area contributed by atoms with Gasteiger partial charge in [-0.2, -0.15) is 0 Å². The third-order valence-corrected chi connectivity index (χ3v) is 5.10. The number of carboxylic acids is 1. The van der Waals surface area contributed by atoms with E-state index in [1.54, 1.807) is 0 Å². The van der Waals surface area contributed by atoms with Gasteiger partial charge in [0.25, 0.3) is 0 Å². The molecular formula is C21H26ClKN2O3. The summed E-state index contributed by atoms with van der Waals surface area (Å²) in [6.07, 6.45) is 0. The molecule has 1 N–H and O–H groups in total. The van der Waals surface area contributed by atoms with Gasteiger partial charge in [0.15, 0.2) is 0 Å². The normalized spacial score (nSPS) is 16.3. The third-order valence-electron chi connectivity index (χ3n) is 4.85. The molecule has 1 atom stereocenters. The molecule has 0 bridgehead atoms. The van der Waals surface area contributed by atoms with Gasteiger partial charge >= 0.3 is 57.4 Å². The Morgan fingerprint density at radius 2 is 1.61 bits per heavy atom. The Morgan fingerprint density at radius 3 is 2.21 bits per heavy atom. The molecule has 7 heteroatoms. The fourth-order valence-electron chi connectivity index (χ4n) is 3.49. The first-order chi connectivity index (χ1) is 13.1. The van der Waals surface area contributed by atoms with Crippen molar-refractivity contribution in [2.24, 2.45) is 0 Å². The monoisotopic (exact) mass is 428 g/mol. The van der Waals surface area contributed by atoms with E-state index in [-0.39, 0.29) is 64.0 Å². The molecule has 2 aromatic carbocycles. The van der Waals surface area contributed by atoms with E-state index in [1.165, 1.54) is 11.1 Å². The molecule has 0 amide bonds. The van der Waals surface area contributed by atoms with Gasteiger partial charge in [-0.15, -0.1) is 0 Å². The minimum absolute atomic E-state index is 0. The number of nitrogens with zero attached hydrogens (tertiary/aromatic N) is 2. The number of ether oxygens (including phenoxy) is 1. The Morgan fingerprint density at radius 1 is 1.00 bits per heavy atom. The van der Waals surface area contributed by atoms with Crippen molar-refractivity contribution in [3.8, 4) is 0 Å². The summed E-state index contributed by atoms with van der Waals surface area (Å²) in [5, 5.41) is 9.37. The molecule has 1 aliphatic heterocycles. The van der Waals surface area contributed by atoms with E-state index in [1.807, 2.05) is 18.2 Å². The number of halogens is 1. The summed E-state index contributed by atoms with van der Waals surface area (Å²) in [7, 11) is 0. The summed E-state index contributed by atoms with van der Waals surface area (Å²) in [5.41, 5.74) is 2.52. The van der Waals surface area contributed by atoms with Crippen LogP contribution >= 0.6 is 11.6 Å². The van der Waals surface area contributed by atoms with Crippen molar-refractivity contribution in [2.45, 2.75) is 6.04 Å². The Labute approximate surface area is 214 Å². The fourth-order valence-corrected chi connectivity index (χ4v) is 3.62. The van der Waals surface area contributed by atoms with Crippen LogP contribution in [0, 0.1) is 0 Å². The number of carbonyl (C=O) groups is 1. The molecule has 0 saturated carbocycles. The van der Waals surface area contributed by atoms with Crippen molar-refractivity contribution in [2.75, 3.05) is 45.9 Å². The number of benzene rings is 2. The summed E-state index contributed by atoms with van der Waals surface area (Å²) in [6, 6.07) is 18.8. The van der Waals surface area contributed by atoms with Gasteiger partial charge < -0.3 is 9.84 Å². The first kappa shape index (κ1) is 24.0. The van der Waals surface area contributed by atoms with Gasteiger partial charge in [0.1, 0.15) is 6.61 Å². The molecule has 146 valence electrons. The number of aliphatic carboxylic acids is 1. The van der Waals surface area contributed by atoms with Crippen molar-refractivity contribution in [3.05, 3.63) is 70.7 Å². The SMILES string of the molecule is O=C(O)COCCN1CCN(C(c2ccccc2)c2ccc(Cl)cc2)CC1.[KH]. The predicted octanol–water partition coefficient (Wildman–Crippen LogP) is 2.50. The maximum atomic E-state index is 10.5. The molecule has 0 spiro atoms. The first-order valence-corrected chi connectivity index (χ1v) is 9.57. The Bertz CT molecular complexity index is 722. The average molecular weight is 429 g/mol. The molecule has 1 saturated heterocycles. The Hall–Kier alpha value is -0.284. The van der Waals surface area contributed by atoms with E-state index in [0.29, 0.717) is 6.61 Å². The van der Waals surface area contributed by atoms with E-state index in [2.05, 4.69) is 46.2 Å². The zero-order valence-electron chi connectivity index (χ0n) is 15.3. The number of hydrogen-bond donors (Lipinski definition) is 1. The fraction of sp³-hybridized carbons (Fsp3) is 0.381. The molecule has 0 aliphatic carbocycles. The van der Waals surface area contributed by atoms with Gasteiger partial charge in [-0.1, -0.05) is 54.1 Å². The molecule has 1 heterocycles. The number of hydrogen-bond acceptors (Lipinski definition) is 4. The van der Waals surface area contributed by atoms with Crippen LogP contribution in [-0.4, -0.2) is 118 Å².